The fourth-order valence-corrected chi connectivity index (χ4v) is 5.19. The lowest BCUT2D eigenvalue weighted by molar-refractivity contribution is 0.123. The summed E-state index contributed by atoms with van der Waals surface area (Å²) in [6, 6.07) is 15.9. The molecule has 3 aromatic rings. The standard InChI is InChI=1S/C23H27N3O/c1-16-9-10-19-17(15-16)5-4-8-21(19)25-13-11-18(12-14-25)26-22-7-3-2-6-20(22)24-23(26)27/h2-3,6-7,9-10,15,18,21H,4-5,8,11-14H2,1H3,(H,24,27). The molecule has 1 fully saturated rings. The van der Waals surface area contributed by atoms with E-state index in [2.05, 4.69) is 41.1 Å². The minimum absolute atomic E-state index is 0.0353. The zero-order valence-electron chi connectivity index (χ0n) is 15.9. The Morgan fingerprint density at radius 1 is 1.04 bits per heavy atom. The molecule has 1 aliphatic carbocycles. The van der Waals surface area contributed by atoms with Gasteiger partial charge in [0.25, 0.3) is 0 Å². The lowest BCUT2D eigenvalue weighted by Crippen LogP contribution is -2.40. The Kier molecular flexibility index (Phi) is 4.16. The maximum atomic E-state index is 12.5. The van der Waals surface area contributed by atoms with Gasteiger partial charge in [-0.15, -0.1) is 0 Å². The predicted octanol–water partition coefficient (Wildman–Crippen LogP) is 4.35. The monoisotopic (exact) mass is 361 g/mol. The Hall–Kier alpha value is -2.33. The summed E-state index contributed by atoms with van der Waals surface area (Å²) < 4.78 is 1.99. The number of benzene rings is 2. The number of rotatable bonds is 2. The summed E-state index contributed by atoms with van der Waals surface area (Å²) in [7, 11) is 0. The second kappa shape index (κ2) is 6.68. The summed E-state index contributed by atoms with van der Waals surface area (Å²) in [4.78, 5) is 18.2. The van der Waals surface area contributed by atoms with Crippen LogP contribution in [0.3, 0.4) is 0 Å². The Labute approximate surface area is 159 Å². The first kappa shape index (κ1) is 16.8. The molecule has 1 atom stereocenters. The van der Waals surface area contributed by atoms with Crippen molar-refractivity contribution in [1.82, 2.24) is 14.5 Å². The molecule has 0 saturated carbocycles. The van der Waals surface area contributed by atoms with Crippen LogP contribution in [0.15, 0.2) is 47.3 Å². The largest absolute Gasteiger partial charge is 0.326 e. The molecule has 2 heterocycles. The van der Waals surface area contributed by atoms with Crippen LogP contribution in [0.1, 0.15) is 54.5 Å². The first-order valence-corrected chi connectivity index (χ1v) is 10.2. The summed E-state index contributed by atoms with van der Waals surface area (Å²) in [5, 5.41) is 0. The van der Waals surface area contributed by atoms with Crippen molar-refractivity contribution in [3.8, 4) is 0 Å². The molecule has 4 heteroatoms. The molecule has 0 radical (unpaired) electrons. The van der Waals surface area contributed by atoms with Crippen LogP contribution in [-0.2, 0) is 6.42 Å². The molecular formula is C23H27N3O. The maximum absolute atomic E-state index is 12.5. The van der Waals surface area contributed by atoms with Crippen molar-refractivity contribution in [2.45, 2.75) is 51.1 Å². The average Bonchev–Trinajstić information content (AvgIpc) is 3.03. The molecule has 0 spiro atoms. The van der Waals surface area contributed by atoms with Gasteiger partial charge in [0.15, 0.2) is 0 Å². The summed E-state index contributed by atoms with van der Waals surface area (Å²) in [6.07, 6.45) is 5.84. The van der Waals surface area contributed by atoms with Crippen molar-refractivity contribution < 1.29 is 0 Å². The lowest BCUT2D eigenvalue weighted by Gasteiger charge is -2.40. The van der Waals surface area contributed by atoms with Gasteiger partial charge in [0.1, 0.15) is 0 Å². The summed E-state index contributed by atoms with van der Waals surface area (Å²) in [5.74, 6) is 0. The molecule has 27 heavy (non-hydrogen) atoms. The Morgan fingerprint density at radius 3 is 2.70 bits per heavy atom. The van der Waals surface area contributed by atoms with Crippen LogP contribution in [0, 0.1) is 6.92 Å². The van der Waals surface area contributed by atoms with Crippen LogP contribution in [0.25, 0.3) is 11.0 Å². The van der Waals surface area contributed by atoms with Crippen LogP contribution in [0.4, 0.5) is 0 Å². The minimum Gasteiger partial charge on any atom is -0.306 e. The molecule has 140 valence electrons. The Bertz CT molecular complexity index is 1020. The molecular weight excluding hydrogens is 334 g/mol. The van der Waals surface area contributed by atoms with Crippen molar-refractivity contribution >= 4 is 11.0 Å². The van der Waals surface area contributed by atoms with Crippen LogP contribution in [0.5, 0.6) is 0 Å². The Balaban J connectivity index is 1.37. The summed E-state index contributed by atoms with van der Waals surface area (Å²) >= 11 is 0. The number of nitrogens with one attached hydrogen (secondary N) is 1. The predicted molar refractivity (Wildman–Crippen MR) is 109 cm³/mol. The molecule has 4 nitrogen and oxygen atoms in total. The van der Waals surface area contributed by atoms with Crippen LogP contribution in [0.2, 0.25) is 0 Å². The number of hydrogen-bond acceptors (Lipinski definition) is 2. The molecule has 0 amide bonds. The van der Waals surface area contributed by atoms with Gasteiger partial charge in [-0.05, 0) is 62.3 Å². The van der Waals surface area contributed by atoms with E-state index in [-0.39, 0.29) is 5.69 Å². The second-order valence-electron chi connectivity index (χ2n) is 8.19. The first-order valence-electron chi connectivity index (χ1n) is 10.2. The lowest BCUT2D eigenvalue weighted by atomic mass is 9.85. The van der Waals surface area contributed by atoms with Crippen LogP contribution >= 0.6 is 0 Å². The van der Waals surface area contributed by atoms with Gasteiger partial charge in [0.05, 0.1) is 11.0 Å². The van der Waals surface area contributed by atoms with Gasteiger partial charge in [-0.1, -0.05) is 35.9 Å². The van der Waals surface area contributed by atoms with E-state index < -0.39 is 0 Å². The number of fused-ring (bicyclic) bond motifs is 2. The highest BCUT2D eigenvalue weighted by molar-refractivity contribution is 5.75. The van der Waals surface area contributed by atoms with Gasteiger partial charge in [0, 0.05) is 25.2 Å². The van der Waals surface area contributed by atoms with Crippen molar-refractivity contribution in [1.29, 1.82) is 0 Å². The van der Waals surface area contributed by atoms with E-state index in [1.54, 1.807) is 5.56 Å². The number of nitrogens with zero attached hydrogens (tertiary/aromatic N) is 2. The van der Waals surface area contributed by atoms with Crippen molar-refractivity contribution in [2.75, 3.05) is 13.1 Å². The van der Waals surface area contributed by atoms with E-state index in [1.165, 1.54) is 30.4 Å². The minimum atomic E-state index is 0.0353. The number of piperidine rings is 1. The third kappa shape index (κ3) is 2.92. The molecule has 1 N–H and O–H groups in total. The molecule has 1 aromatic heterocycles. The number of H-pyrrole nitrogens is 1. The summed E-state index contributed by atoms with van der Waals surface area (Å²) in [5.41, 5.74) is 6.47. The fourth-order valence-electron chi connectivity index (χ4n) is 5.19. The van der Waals surface area contributed by atoms with Gasteiger partial charge < -0.3 is 4.98 Å². The molecule has 1 aliphatic heterocycles. The highest BCUT2D eigenvalue weighted by Crippen LogP contribution is 2.37. The fraction of sp³-hybridized carbons (Fsp3) is 0.435. The average molecular weight is 361 g/mol. The zero-order chi connectivity index (χ0) is 18.4. The van der Waals surface area contributed by atoms with Crippen molar-refractivity contribution in [3.63, 3.8) is 0 Å². The van der Waals surface area contributed by atoms with Gasteiger partial charge in [-0.2, -0.15) is 0 Å². The first-order chi connectivity index (χ1) is 13.2. The molecule has 1 unspecified atom stereocenters. The van der Waals surface area contributed by atoms with Gasteiger partial charge in [0.2, 0.25) is 0 Å². The maximum Gasteiger partial charge on any atom is 0.326 e. The number of aromatic nitrogens is 2. The number of hydrogen-bond donors (Lipinski definition) is 1. The third-order valence-electron chi connectivity index (χ3n) is 6.51. The second-order valence-corrected chi connectivity index (χ2v) is 8.19. The van der Waals surface area contributed by atoms with Crippen molar-refractivity contribution in [3.05, 3.63) is 69.6 Å². The van der Waals surface area contributed by atoms with Crippen LogP contribution in [-0.4, -0.2) is 27.5 Å². The van der Waals surface area contributed by atoms with E-state index >= 15 is 0 Å². The Morgan fingerprint density at radius 2 is 1.85 bits per heavy atom. The van der Waals surface area contributed by atoms with E-state index in [9.17, 15) is 4.79 Å². The molecule has 1 saturated heterocycles. The molecule has 2 aromatic carbocycles. The molecule has 5 rings (SSSR count). The zero-order valence-corrected chi connectivity index (χ0v) is 15.9. The molecule has 2 aliphatic rings. The number of likely N-dealkylation sites (tertiary alicyclic amines) is 1. The smallest absolute Gasteiger partial charge is 0.306 e. The number of aryl methyl sites for hydroxylation is 2. The van der Waals surface area contributed by atoms with E-state index in [4.69, 9.17) is 0 Å². The normalized spacial score (nSPS) is 21.4. The number of aromatic amines is 1. The van der Waals surface area contributed by atoms with Crippen LogP contribution < -0.4 is 5.69 Å². The van der Waals surface area contributed by atoms with E-state index in [0.717, 1.165) is 37.0 Å². The van der Waals surface area contributed by atoms with E-state index in [1.807, 2.05) is 22.8 Å². The quantitative estimate of drug-likeness (QED) is 0.737. The SMILES string of the molecule is Cc1ccc2c(c1)CCCC2N1CCC(n2c(=O)[nH]c3ccccc32)CC1. The highest BCUT2D eigenvalue weighted by atomic mass is 16.1. The third-order valence-corrected chi connectivity index (χ3v) is 6.51. The van der Waals surface area contributed by atoms with Crippen molar-refractivity contribution in [2.24, 2.45) is 0 Å². The van der Waals surface area contributed by atoms with Gasteiger partial charge >= 0.3 is 5.69 Å². The van der Waals surface area contributed by atoms with E-state index in [0.29, 0.717) is 12.1 Å². The highest BCUT2D eigenvalue weighted by Gasteiger charge is 2.30. The van der Waals surface area contributed by atoms with Gasteiger partial charge in [-0.3, -0.25) is 9.47 Å². The number of imidazole rings is 1. The topological polar surface area (TPSA) is 41.0 Å². The molecule has 0 bridgehead atoms. The summed E-state index contributed by atoms with van der Waals surface area (Å²) in [6.45, 7) is 4.32. The number of para-hydroxylation sites is 2. The van der Waals surface area contributed by atoms with Gasteiger partial charge in [-0.25, -0.2) is 4.79 Å².